The number of carbonyl (C=O) groups excluding carboxylic acids is 1. The minimum Gasteiger partial charge on any atom is -0.335 e. The first-order valence-electron chi connectivity index (χ1n) is 10.3. The maximum Gasteiger partial charge on any atom is 0.210 e. The van der Waals surface area contributed by atoms with Crippen molar-refractivity contribution in [1.29, 1.82) is 0 Å². The molecule has 0 bridgehead atoms. The van der Waals surface area contributed by atoms with E-state index in [9.17, 15) is 4.79 Å². The van der Waals surface area contributed by atoms with Crippen molar-refractivity contribution in [3.8, 4) is 33.9 Å². The van der Waals surface area contributed by atoms with Gasteiger partial charge in [0.25, 0.3) is 0 Å². The van der Waals surface area contributed by atoms with Crippen molar-refractivity contribution >= 4 is 17.5 Å². The van der Waals surface area contributed by atoms with Crippen molar-refractivity contribution in [3.63, 3.8) is 0 Å². The minimum atomic E-state index is -0.00272. The molecule has 0 atom stereocenters. The van der Waals surface area contributed by atoms with Crippen LogP contribution >= 0.6 is 11.8 Å². The molecule has 0 amide bonds. The van der Waals surface area contributed by atoms with Gasteiger partial charge in [0, 0.05) is 11.1 Å². The van der Waals surface area contributed by atoms with Crippen molar-refractivity contribution in [2.24, 2.45) is 0 Å². The Kier molecular flexibility index (Phi) is 5.73. The van der Waals surface area contributed by atoms with Gasteiger partial charge in [0.15, 0.2) is 5.78 Å². The fourth-order valence-electron chi connectivity index (χ4n) is 3.44. The van der Waals surface area contributed by atoms with Gasteiger partial charge in [-0.2, -0.15) is 5.10 Å². The average Bonchev–Trinajstić information content (AvgIpc) is 3.50. The number of hydrogen-bond acceptors (Lipinski definition) is 6. The molecule has 2 aromatic heterocycles. The third-order valence-corrected chi connectivity index (χ3v) is 6.14. The SMILES string of the molecule is Nn1c(SCC(=O)c2ccc(-c3ccccc3)cc2)nnc1-c1cc(-c2ccccc2)n[nH]1. The molecule has 8 heteroatoms. The van der Waals surface area contributed by atoms with Gasteiger partial charge in [0.1, 0.15) is 5.69 Å². The standard InChI is InChI=1S/C25H20N6OS/c26-31-24(22-15-21(27-28-22)19-9-5-2-6-10-19)29-30-25(31)33-16-23(32)20-13-11-18(12-14-20)17-7-3-1-4-8-17/h1-15H,16,26H2,(H,27,28). The number of nitrogen functional groups attached to an aromatic ring is 1. The number of ketones is 1. The highest BCUT2D eigenvalue weighted by Gasteiger charge is 2.17. The van der Waals surface area contributed by atoms with Crippen LogP contribution in [0.4, 0.5) is 0 Å². The van der Waals surface area contributed by atoms with E-state index in [1.54, 1.807) is 0 Å². The van der Waals surface area contributed by atoms with Crippen molar-refractivity contribution in [2.75, 3.05) is 11.6 Å². The van der Waals surface area contributed by atoms with E-state index < -0.39 is 0 Å². The molecule has 3 N–H and O–H groups in total. The van der Waals surface area contributed by atoms with Gasteiger partial charge in [-0.1, -0.05) is 96.7 Å². The summed E-state index contributed by atoms with van der Waals surface area (Å²) in [6.45, 7) is 0. The second kappa shape index (κ2) is 9.13. The molecule has 7 nitrogen and oxygen atoms in total. The third kappa shape index (κ3) is 4.42. The second-order valence-corrected chi connectivity index (χ2v) is 8.31. The molecule has 0 radical (unpaired) electrons. The molecule has 5 aromatic rings. The third-order valence-electron chi connectivity index (χ3n) is 5.20. The normalized spacial score (nSPS) is 10.9. The Morgan fingerprint density at radius 2 is 1.48 bits per heavy atom. The lowest BCUT2D eigenvalue weighted by atomic mass is 10.0. The molecule has 0 aliphatic rings. The van der Waals surface area contributed by atoms with Crippen LogP contribution in [0.1, 0.15) is 10.4 Å². The molecular weight excluding hydrogens is 432 g/mol. The van der Waals surface area contributed by atoms with Gasteiger partial charge >= 0.3 is 0 Å². The molecule has 0 aliphatic carbocycles. The maximum atomic E-state index is 12.7. The zero-order valence-electron chi connectivity index (χ0n) is 17.6. The zero-order valence-corrected chi connectivity index (χ0v) is 18.4. The number of H-pyrrole nitrogens is 1. The molecule has 0 unspecified atom stereocenters. The van der Waals surface area contributed by atoms with Gasteiger partial charge in [0.05, 0.1) is 11.4 Å². The maximum absolute atomic E-state index is 12.7. The highest BCUT2D eigenvalue weighted by Crippen LogP contribution is 2.25. The first-order valence-corrected chi connectivity index (χ1v) is 11.3. The summed E-state index contributed by atoms with van der Waals surface area (Å²) in [6.07, 6.45) is 0. The van der Waals surface area contributed by atoms with E-state index in [2.05, 4.69) is 20.4 Å². The zero-order chi connectivity index (χ0) is 22.6. The molecule has 5 rings (SSSR count). The summed E-state index contributed by atoms with van der Waals surface area (Å²) >= 11 is 1.25. The van der Waals surface area contributed by atoms with Crippen LogP contribution in [0.2, 0.25) is 0 Å². The summed E-state index contributed by atoms with van der Waals surface area (Å²) in [5.41, 5.74) is 5.26. The first-order chi connectivity index (χ1) is 16.2. The number of nitrogens with two attached hydrogens (primary N) is 1. The van der Waals surface area contributed by atoms with E-state index in [0.29, 0.717) is 22.2 Å². The largest absolute Gasteiger partial charge is 0.335 e. The number of benzene rings is 3. The Bertz CT molecular complexity index is 1380. The topological polar surface area (TPSA) is 102 Å². The lowest BCUT2D eigenvalue weighted by Gasteiger charge is -2.05. The monoisotopic (exact) mass is 452 g/mol. The summed E-state index contributed by atoms with van der Waals surface area (Å²) in [5, 5.41) is 16.1. The van der Waals surface area contributed by atoms with Crippen LogP contribution < -0.4 is 5.84 Å². The van der Waals surface area contributed by atoms with Crippen LogP contribution in [-0.2, 0) is 0 Å². The smallest absolute Gasteiger partial charge is 0.210 e. The van der Waals surface area contributed by atoms with Crippen LogP contribution in [0.5, 0.6) is 0 Å². The predicted molar refractivity (Wildman–Crippen MR) is 130 cm³/mol. The van der Waals surface area contributed by atoms with E-state index >= 15 is 0 Å². The Balaban J connectivity index is 1.26. The van der Waals surface area contributed by atoms with E-state index in [1.807, 2.05) is 91.0 Å². The lowest BCUT2D eigenvalue weighted by Crippen LogP contribution is -2.13. The number of rotatable bonds is 7. The number of Topliss-reactive ketones (excluding diaryl/α,β-unsaturated/α-hetero) is 1. The summed E-state index contributed by atoms with van der Waals surface area (Å²) in [4.78, 5) is 12.7. The average molecular weight is 453 g/mol. The molecular formula is C25H20N6OS. The molecule has 0 spiro atoms. The van der Waals surface area contributed by atoms with Crippen LogP contribution in [0.15, 0.2) is 96.2 Å². The predicted octanol–water partition coefficient (Wildman–Crippen LogP) is 4.69. The summed E-state index contributed by atoms with van der Waals surface area (Å²) < 4.78 is 1.37. The number of carbonyl (C=O) groups is 1. The van der Waals surface area contributed by atoms with Crippen LogP contribution in [0.3, 0.4) is 0 Å². The van der Waals surface area contributed by atoms with Crippen molar-refractivity contribution in [1.82, 2.24) is 25.1 Å². The quantitative estimate of drug-likeness (QED) is 0.211. The molecule has 162 valence electrons. The summed E-state index contributed by atoms with van der Waals surface area (Å²) in [7, 11) is 0. The molecule has 2 heterocycles. The molecule has 0 aliphatic heterocycles. The molecule has 3 aromatic carbocycles. The van der Waals surface area contributed by atoms with E-state index in [-0.39, 0.29) is 11.5 Å². The Morgan fingerprint density at radius 1 is 0.848 bits per heavy atom. The van der Waals surface area contributed by atoms with Crippen molar-refractivity contribution in [3.05, 3.63) is 96.6 Å². The van der Waals surface area contributed by atoms with Gasteiger partial charge in [0.2, 0.25) is 11.0 Å². The number of nitrogens with zero attached hydrogens (tertiary/aromatic N) is 4. The second-order valence-electron chi connectivity index (χ2n) is 7.36. The Morgan fingerprint density at radius 3 is 2.18 bits per heavy atom. The van der Waals surface area contributed by atoms with Gasteiger partial charge < -0.3 is 5.84 Å². The van der Waals surface area contributed by atoms with E-state index in [1.165, 1.54) is 16.4 Å². The number of nitrogens with one attached hydrogen (secondary N) is 1. The van der Waals surface area contributed by atoms with Crippen molar-refractivity contribution in [2.45, 2.75) is 5.16 Å². The minimum absolute atomic E-state index is 0.00272. The van der Waals surface area contributed by atoms with Crippen LogP contribution in [-0.4, -0.2) is 36.6 Å². The highest BCUT2D eigenvalue weighted by atomic mass is 32.2. The van der Waals surface area contributed by atoms with Gasteiger partial charge in [-0.05, 0) is 17.2 Å². The Hall–Kier alpha value is -4.17. The van der Waals surface area contributed by atoms with Gasteiger partial charge in [-0.25, -0.2) is 4.68 Å². The fraction of sp³-hybridized carbons (Fsp3) is 0.0400. The van der Waals surface area contributed by atoms with Gasteiger partial charge in [-0.3, -0.25) is 9.89 Å². The first kappa shape index (κ1) is 20.7. The number of thioether (sulfide) groups is 1. The summed E-state index contributed by atoms with van der Waals surface area (Å²) in [6, 6.07) is 29.4. The Labute approximate surface area is 194 Å². The molecule has 0 fully saturated rings. The molecule has 0 saturated carbocycles. The molecule has 0 saturated heterocycles. The van der Waals surface area contributed by atoms with E-state index in [0.717, 1.165) is 22.4 Å². The lowest BCUT2D eigenvalue weighted by molar-refractivity contribution is 0.102. The molecule has 33 heavy (non-hydrogen) atoms. The number of hydrogen-bond donors (Lipinski definition) is 2. The summed E-state index contributed by atoms with van der Waals surface area (Å²) in [5.74, 6) is 6.86. The van der Waals surface area contributed by atoms with Crippen molar-refractivity contribution < 1.29 is 4.79 Å². The number of aromatic amines is 1. The van der Waals surface area contributed by atoms with E-state index in [4.69, 9.17) is 5.84 Å². The number of aromatic nitrogens is 5. The fourth-order valence-corrected chi connectivity index (χ4v) is 4.20. The van der Waals surface area contributed by atoms with Crippen LogP contribution in [0, 0.1) is 0 Å². The van der Waals surface area contributed by atoms with Gasteiger partial charge in [-0.15, -0.1) is 10.2 Å². The van der Waals surface area contributed by atoms with Crippen LogP contribution in [0.25, 0.3) is 33.9 Å². The highest BCUT2D eigenvalue weighted by molar-refractivity contribution is 7.99.